The highest BCUT2D eigenvalue weighted by Gasteiger charge is 2.40. The number of hydrogen-bond donors (Lipinski definition) is 0. The first kappa shape index (κ1) is 15.7. The quantitative estimate of drug-likeness (QED) is 0.652. The summed E-state index contributed by atoms with van der Waals surface area (Å²) in [5.74, 6) is -3.95. The molecule has 0 bridgehead atoms. The van der Waals surface area contributed by atoms with Crippen LogP contribution in [-0.2, 0) is 4.79 Å². The molecule has 0 aromatic rings. The Balaban J connectivity index is 3.72. The van der Waals surface area contributed by atoms with Gasteiger partial charge in [0.05, 0.1) is 0 Å². The van der Waals surface area contributed by atoms with Gasteiger partial charge in [0.1, 0.15) is 6.17 Å². The molecule has 0 aromatic heterocycles. The van der Waals surface area contributed by atoms with Crippen molar-refractivity contribution in [2.75, 3.05) is 5.75 Å². The van der Waals surface area contributed by atoms with Gasteiger partial charge in [0, 0.05) is 19.1 Å². The molecule has 0 aliphatic rings. The molecule has 1 atom stereocenters. The SMILES string of the molecule is CC(=O)SCCC(F)CCC(F)(F)C(F)F. The maximum absolute atomic E-state index is 12.9. The van der Waals surface area contributed by atoms with E-state index in [1.807, 2.05) is 0 Å². The second kappa shape index (κ2) is 7.09. The Hall–Kier alpha value is -0.330. The van der Waals surface area contributed by atoms with Crippen molar-refractivity contribution in [2.24, 2.45) is 0 Å². The van der Waals surface area contributed by atoms with Crippen LogP contribution in [0.15, 0.2) is 0 Å². The van der Waals surface area contributed by atoms with Gasteiger partial charge >= 0.3 is 12.3 Å². The lowest BCUT2D eigenvalue weighted by Crippen LogP contribution is -2.27. The van der Waals surface area contributed by atoms with Gasteiger partial charge in [-0.25, -0.2) is 22.0 Å². The standard InChI is InChI=1S/C9H13F5OS/c1-6(15)16-5-3-7(10)2-4-9(13,14)8(11)12/h7-8H,2-5H2,1H3. The minimum atomic E-state index is -4.13. The highest BCUT2D eigenvalue weighted by atomic mass is 32.2. The largest absolute Gasteiger partial charge is 0.307 e. The zero-order valence-electron chi connectivity index (χ0n) is 8.69. The molecular weight excluding hydrogens is 251 g/mol. The van der Waals surface area contributed by atoms with Gasteiger partial charge in [-0.05, 0) is 12.8 Å². The van der Waals surface area contributed by atoms with E-state index < -0.39 is 31.4 Å². The molecule has 1 nitrogen and oxygen atoms in total. The second-order valence-corrected chi connectivity index (χ2v) is 4.60. The van der Waals surface area contributed by atoms with E-state index in [0.717, 1.165) is 11.8 Å². The van der Waals surface area contributed by atoms with Crippen molar-refractivity contribution < 1.29 is 26.7 Å². The number of thioether (sulfide) groups is 1. The molecule has 0 fully saturated rings. The molecule has 1 unspecified atom stereocenters. The minimum Gasteiger partial charge on any atom is -0.288 e. The summed E-state index contributed by atoms with van der Waals surface area (Å²) in [6.45, 7) is 1.31. The van der Waals surface area contributed by atoms with Crippen molar-refractivity contribution in [2.45, 2.75) is 44.7 Å². The van der Waals surface area contributed by atoms with Crippen molar-refractivity contribution in [3.8, 4) is 0 Å². The highest BCUT2D eigenvalue weighted by Crippen LogP contribution is 2.29. The van der Waals surface area contributed by atoms with E-state index in [2.05, 4.69) is 0 Å². The molecule has 0 saturated heterocycles. The number of carbonyl (C=O) groups is 1. The van der Waals surface area contributed by atoms with Gasteiger partial charge in [-0.3, -0.25) is 4.79 Å². The van der Waals surface area contributed by atoms with E-state index in [9.17, 15) is 26.7 Å². The van der Waals surface area contributed by atoms with Crippen molar-refractivity contribution in [3.63, 3.8) is 0 Å². The van der Waals surface area contributed by atoms with Crippen molar-refractivity contribution >= 4 is 16.9 Å². The summed E-state index contributed by atoms with van der Waals surface area (Å²) in [5.41, 5.74) is 0. The molecule has 16 heavy (non-hydrogen) atoms. The van der Waals surface area contributed by atoms with Crippen LogP contribution in [0.5, 0.6) is 0 Å². The average molecular weight is 264 g/mol. The Morgan fingerprint density at radius 1 is 1.25 bits per heavy atom. The Labute approximate surface area is 94.8 Å². The molecule has 0 amide bonds. The normalized spacial score (nSPS) is 14.2. The van der Waals surface area contributed by atoms with Gasteiger partial charge in [-0.15, -0.1) is 0 Å². The molecule has 0 radical (unpaired) electrons. The van der Waals surface area contributed by atoms with E-state index >= 15 is 0 Å². The molecule has 0 aliphatic carbocycles. The van der Waals surface area contributed by atoms with Gasteiger partial charge in [-0.1, -0.05) is 11.8 Å². The van der Waals surface area contributed by atoms with Gasteiger partial charge in [0.15, 0.2) is 5.12 Å². The van der Waals surface area contributed by atoms with E-state index in [1.165, 1.54) is 6.92 Å². The lowest BCUT2D eigenvalue weighted by Gasteiger charge is -2.16. The topological polar surface area (TPSA) is 17.1 Å². The predicted molar refractivity (Wildman–Crippen MR) is 52.8 cm³/mol. The monoisotopic (exact) mass is 264 g/mol. The van der Waals surface area contributed by atoms with Crippen LogP contribution in [0.1, 0.15) is 26.2 Å². The first-order valence-corrected chi connectivity index (χ1v) is 5.67. The van der Waals surface area contributed by atoms with Crippen LogP contribution >= 0.6 is 11.8 Å². The molecule has 7 heteroatoms. The summed E-state index contributed by atoms with van der Waals surface area (Å²) >= 11 is 0.885. The number of rotatable bonds is 7. The first-order chi connectivity index (χ1) is 7.25. The van der Waals surface area contributed by atoms with Crippen molar-refractivity contribution in [1.82, 2.24) is 0 Å². The molecule has 0 saturated carbocycles. The zero-order valence-corrected chi connectivity index (χ0v) is 9.51. The fourth-order valence-electron chi connectivity index (χ4n) is 0.933. The number of halogens is 5. The van der Waals surface area contributed by atoms with E-state index in [1.54, 1.807) is 0 Å². The van der Waals surface area contributed by atoms with Crippen LogP contribution in [-0.4, -0.2) is 29.4 Å². The summed E-state index contributed by atoms with van der Waals surface area (Å²) < 4.78 is 61.1. The Morgan fingerprint density at radius 3 is 2.25 bits per heavy atom. The van der Waals surface area contributed by atoms with E-state index in [4.69, 9.17) is 0 Å². The fourth-order valence-corrected chi connectivity index (χ4v) is 1.59. The van der Waals surface area contributed by atoms with Crippen LogP contribution in [0, 0.1) is 0 Å². The molecule has 0 N–H and O–H groups in total. The summed E-state index contributed by atoms with van der Waals surface area (Å²) in [5, 5.41) is -0.190. The summed E-state index contributed by atoms with van der Waals surface area (Å²) in [6, 6.07) is 0. The Morgan fingerprint density at radius 2 is 1.81 bits per heavy atom. The third kappa shape index (κ3) is 7.03. The van der Waals surface area contributed by atoms with E-state index in [-0.39, 0.29) is 17.3 Å². The van der Waals surface area contributed by atoms with Crippen molar-refractivity contribution in [3.05, 3.63) is 0 Å². The Bertz CT molecular complexity index is 222. The van der Waals surface area contributed by atoms with Gasteiger partial charge in [0.2, 0.25) is 0 Å². The minimum absolute atomic E-state index is 0.0798. The molecule has 96 valence electrons. The number of hydrogen-bond acceptors (Lipinski definition) is 2. The van der Waals surface area contributed by atoms with Crippen LogP contribution < -0.4 is 0 Å². The molecule has 0 aliphatic heterocycles. The second-order valence-electron chi connectivity index (χ2n) is 3.33. The molecule has 0 aromatic carbocycles. The smallest absolute Gasteiger partial charge is 0.288 e. The predicted octanol–water partition coefficient (Wildman–Crippen LogP) is 3.67. The molecule has 0 heterocycles. The number of carbonyl (C=O) groups excluding carboxylic acids is 1. The maximum Gasteiger partial charge on any atom is 0.307 e. The molecular formula is C9H13F5OS. The van der Waals surface area contributed by atoms with Gasteiger partial charge in [-0.2, -0.15) is 0 Å². The first-order valence-electron chi connectivity index (χ1n) is 4.69. The average Bonchev–Trinajstić information content (AvgIpc) is 2.14. The number of alkyl halides is 5. The maximum atomic E-state index is 12.9. The lowest BCUT2D eigenvalue weighted by molar-refractivity contribution is -0.135. The van der Waals surface area contributed by atoms with Gasteiger partial charge < -0.3 is 0 Å². The van der Waals surface area contributed by atoms with Gasteiger partial charge in [0.25, 0.3) is 0 Å². The summed E-state index contributed by atoms with van der Waals surface area (Å²) in [7, 11) is 0. The highest BCUT2D eigenvalue weighted by molar-refractivity contribution is 8.13. The third-order valence-electron chi connectivity index (χ3n) is 1.85. The summed E-state index contributed by atoms with van der Waals surface area (Å²) in [6.07, 6.45) is -7.20. The third-order valence-corrected chi connectivity index (χ3v) is 2.69. The van der Waals surface area contributed by atoms with Crippen LogP contribution in [0.2, 0.25) is 0 Å². The molecule has 0 spiro atoms. The molecule has 0 rings (SSSR count). The fraction of sp³-hybridized carbons (Fsp3) is 0.889. The van der Waals surface area contributed by atoms with Crippen LogP contribution in [0.4, 0.5) is 22.0 Å². The zero-order chi connectivity index (χ0) is 12.8. The lowest BCUT2D eigenvalue weighted by atomic mass is 10.1. The van der Waals surface area contributed by atoms with E-state index in [0.29, 0.717) is 0 Å². The van der Waals surface area contributed by atoms with Crippen LogP contribution in [0.25, 0.3) is 0 Å². The Kier molecular flexibility index (Phi) is 6.94. The van der Waals surface area contributed by atoms with Crippen LogP contribution in [0.3, 0.4) is 0 Å². The summed E-state index contributed by atoms with van der Waals surface area (Å²) in [4.78, 5) is 10.5. The van der Waals surface area contributed by atoms with Crippen molar-refractivity contribution in [1.29, 1.82) is 0 Å².